The number of hydrogen-bond acceptors (Lipinski definition) is 2. The lowest BCUT2D eigenvalue weighted by Gasteiger charge is -2.11. The average Bonchev–Trinajstić information content (AvgIpc) is 1.83. The van der Waals surface area contributed by atoms with Crippen LogP contribution < -0.4 is 5.73 Å². The zero-order valence-corrected chi connectivity index (χ0v) is 8.69. The monoisotopic (exact) mass is 292 g/mol. The minimum absolute atomic E-state index is 0.125. The molecule has 0 aromatic rings. The molecular weight excluding hydrogens is 284 g/mol. The molecule has 0 heterocycles. The first kappa shape index (κ1) is 11.7. The number of alkyl halides is 3. The fraction of sp³-hybridized carbons (Fsp3) is 0.500. The highest BCUT2D eigenvalue weighted by molar-refractivity contribution is 14.1. The van der Waals surface area contributed by atoms with E-state index in [-0.39, 0.29) is 9.42 Å². The van der Waals surface area contributed by atoms with Gasteiger partial charge in [-0.3, -0.25) is 4.99 Å². The normalized spacial score (nSPS) is 16.0. The topological polar surface area (TPSA) is 38.4 Å². The Balaban J connectivity index is 5.12. The van der Waals surface area contributed by atoms with Crippen LogP contribution >= 0.6 is 22.6 Å². The second-order valence-electron chi connectivity index (χ2n) is 2.07. The van der Waals surface area contributed by atoms with Crippen molar-refractivity contribution in [3.63, 3.8) is 0 Å². The lowest BCUT2D eigenvalue weighted by atomic mass is 10.2. The summed E-state index contributed by atoms with van der Waals surface area (Å²) in [6, 6.07) is 0. The predicted molar refractivity (Wildman–Crippen MR) is 50.3 cm³/mol. The van der Waals surface area contributed by atoms with E-state index in [0.29, 0.717) is 0 Å². The van der Waals surface area contributed by atoms with Gasteiger partial charge in [-0.25, -0.2) is 0 Å². The van der Waals surface area contributed by atoms with Gasteiger partial charge >= 0.3 is 6.18 Å². The van der Waals surface area contributed by atoms with Crippen LogP contribution in [0, 0.1) is 0 Å². The molecule has 0 radical (unpaired) electrons. The molecule has 70 valence electrons. The first-order valence-corrected chi connectivity index (χ1v) is 4.04. The molecule has 12 heavy (non-hydrogen) atoms. The molecule has 0 fully saturated rings. The van der Waals surface area contributed by atoms with Gasteiger partial charge < -0.3 is 5.73 Å². The van der Waals surface area contributed by atoms with E-state index in [4.69, 9.17) is 5.73 Å². The molecule has 0 amide bonds. The summed E-state index contributed by atoms with van der Waals surface area (Å²) in [6.07, 6.45) is -4.42. The SMILES string of the molecule is CN=C(I)C(=C(C)N)C(F)(F)F. The maximum atomic E-state index is 12.2. The van der Waals surface area contributed by atoms with Crippen LogP contribution in [0.4, 0.5) is 13.2 Å². The van der Waals surface area contributed by atoms with Crippen LogP contribution in [-0.2, 0) is 0 Å². The number of nitrogens with two attached hydrogens (primary N) is 1. The molecular formula is C6H8F3IN2. The molecule has 0 aliphatic rings. The number of nitrogens with zero attached hydrogens (tertiary/aromatic N) is 1. The Morgan fingerprint density at radius 1 is 1.42 bits per heavy atom. The van der Waals surface area contributed by atoms with Crippen molar-refractivity contribution in [2.45, 2.75) is 13.1 Å². The van der Waals surface area contributed by atoms with Crippen LogP contribution in [0.15, 0.2) is 16.3 Å². The predicted octanol–water partition coefficient (Wildman–Crippen LogP) is 2.24. The molecule has 0 aromatic carbocycles. The Morgan fingerprint density at radius 3 is 1.92 bits per heavy atom. The molecule has 0 unspecified atom stereocenters. The van der Waals surface area contributed by atoms with E-state index < -0.39 is 11.7 Å². The molecule has 6 heteroatoms. The van der Waals surface area contributed by atoms with Gasteiger partial charge in [0.05, 0.1) is 0 Å². The summed E-state index contributed by atoms with van der Waals surface area (Å²) in [5.74, 6) is 0. The van der Waals surface area contributed by atoms with E-state index in [2.05, 4.69) is 4.99 Å². The zero-order chi connectivity index (χ0) is 9.94. The van der Waals surface area contributed by atoms with Crippen LogP contribution in [0.1, 0.15) is 6.92 Å². The fourth-order valence-electron chi connectivity index (χ4n) is 0.615. The molecule has 0 bridgehead atoms. The van der Waals surface area contributed by atoms with Crippen molar-refractivity contribution >= 4 is 26.3 Å². The highest BCUT2D eigenvalue weighted by Crippen LogP contribution is 2.29. The van der Waals surface area contributed by atoms with Crippen molar-refractivity contribution < 1.29 is 13.2 Å². The lowest BCUT2D eigenvalue weighted by molar-refractivity contribution is -0.0864. The van der Waals surface area contributed by atoms with Crippen LogP contribution in [0.3, 0.4) is 0 Å². The first-order valence-electron chi connectivity index (χ1n) is 2.97. The van der Waals surface area contributed by atoms with Gasteiger partial charge in [-0.15, -0.1) is 0 Å². The number of aliphatic imine (C=N–C) groups is 1. The molecule has 0 saturated carbocycles. The van der Waals surface area contributed by atoms with Gasteiger partial charge in [0.25, 0.3) is 0 Å². The molecule has 2 nitrogen and oxygen atoms in total. The van der Waals surface area contributed by atoms with E-state index in [1.165, 1.54) is 36.6 Å². The maximum Gasteiger partial charge on any atom is 0.420 e. The maximum absolute atomic E-state index is 12.2. The summed E-state index contributed by atoms with van der Waals surface area (Å²) in [7, 11) is 1.29. The van der Waals surface area contributed by atoms with Crippen molar-refractivity contribution in [2.24, 2.45) is 10.7 Å². The molecule has 2 N–H and O–H groups in total. The average molecular weight is 292 g/mol. The Kier molecular flexibility index (Phi) is 4.01. The summed E-state index contributed by atoms with van der Waals surface area (Å²) in [4.78, 5) is 3.42. The van der Waals surface area contributed by atoms with E-state index in [1.807, 2.05) is 0 Å². The van der Waals surface area contributed by atoms with Gasteiger partial charge in [0.15, 0.2) is 0 Å². The molecule has 0 spiro atoms. The van der Waals surface area contributed by atoms with E-state index >= 15 is 0 Å². The minimum atomic E-state index is -4.42. The van der Waals surface area contributed by atoms with Crippen molar-refractivity contribution in [1.29, 1.82) is 0 Å². The quantitative estimate of drug-likeness (QED) is 0.584. The van der Waals surface area contributed by atoms with Crippen molar-refractivity contribution in [2.75, 3.05) is 7.05 Å². The summed E-state index contributed by atoms with van der Waals surface area (Å²) in [6.45, 7) is 1.20. The number of allylic oxidation sites excluding steroid dienone is 2. The minimum Gasteiger partial charge on any atom is -0.402 e. The Labute approximate surface area is 81.9 Å². The standard InChI is InChI=1S/C6H8F3IN2/c1-3(11)4(5(10)12-2)6(7,8)9/h11H2,1-2H3. The lowest BCUT2D eigenvalue weighted by Crippen LogP contribution is -2.21. The van der Waals surface area contributed by atoms with Crippen LogP contribution in [0.5, 0.6) is 0 Å². The Morgan fingerprint density at radius 2 is 1.83 bits per heavy atom. The summed E-state index contributed by atoms with van der Waals surface area (Å²) >= 11 is 1.50. The molecule has 0 atom stereocenters. The third-order valence-electron chi connectivity index (χ3n) is 1.08. The van der Waals surface area contributed by atoms with Crippen LogP contribution in [0.2, 0.25) is 0 Å². The van der Waals surface area contributed by atoms with Gasteiger partial charge in [-0.1, -0.05) is 0 Å². The van der Waals surface area contributed by atoms with Crippen molar-refractivity contribution in [3.05, 3.63) is 11.3 Å². The third kappa shape index (κ3) is 3.00. The highest BCUT2D eigenvalue weighted by Gasteiger charge is 2.37. The summed E-state index contributed by atoms with van der Waals surface area (Å²) in [5, 5.41) is 0. The Hall–Kier alpha value is -0.270. The zero-order valence-electron chi connectivity index (χ0n) is 6.54. The van der Waals surface area contributed by atoms with Crippen LogP contribution in [0.25, 0.3) is 0 Å². The third-order valence-corrected chi connectivity index (χ3v) is 2.10. The number of rotatable bonds is 1. The van der Waals surface area contributed by atoms with Crippen molar-refractivity contribution in [3.8, 4) is 0 Å². The van der Waals surface area contributed by atoms with Gasteiger partial charge in [0, 0.05) is 12.7 Å². The summed E-state index contributed by atoms with van der Waals surface area (Å²) < 4.78 is 36.4. The van der Waals surface area contributed by atoms with E-state index in [1.54, 1.807) is 0 Å². The number of halogens is 4. The fourth-order valence-corrected chi connectivity index (χ4v) is 1.35. The first-order chi connectivity index (χ1) is 5.30. The smallest absolute Gasteiger partial charge is 0.402 e. The summed E-state index contributed by atoms with van der Waals surface area (Å²) in [5.41, 5.74) is 3.95. The molecule has 0 saturated heterocycles. The molecule has 0 aliphatic heterocycles. The van der Waals surface area contributed by atoms with Gasteiger partial charge in [-0.2, -0.15) is 13.2 Å². The second-order valence-corrected chi connectivity index (χ2v) is 3.09. The van der Waals surface area contributed by atoms with Crippen LogP contribution in [-0.4, -0.2) is 16.9 Å². The molecule has 0 rings (SSSR count). The van der Waals surface area contributed by atoms with Gasteiger partial charge in [-0.05, 0) is 29.5 Å². The van der Waals surface area contributed by atoms with E-state index in [9.17, 15) is 13.2 Å². The van der Waals surface area contributed by atoms with Crippen molar-refractivity contribution in [1.82, 2.24) is 0 Å². The Bertz CT molecular complexity index is 225. The second kappa shape index (κ2) is 4.11. The highest BCUT2D eigenvalue weighted by atomic mass is 127. The van der Waals surface area contributed by atoms with Gasteiger partial charge in [0.2, 0.25) is 0 Å². The molecule has 0 aliphatic carbocycles. The molecule has 0 aromatic heterocycles. The van der Waals surface area contributed by atoms with E-state index in [0.717, 1.165) is 0 Å². The number of hydrogen-bond donors (Lipinski definition) is 1. The van der Waals surface area contributed by atoms with Gasteiger partial charge in [0.1, 0.15) is 9.29 Å². The largest absolute Gasteiger partial charge is 0.420 e.